The summed E-state index contributed by atoms with van der Waals surface area (Å²) in [5.41, 5.74) is 6.11. The normalized spacial score (nSPS) is 11.3. The number of hydrogen-bond acceptors (Lipinski definition) is 3. The SMILES string of the molecule is CCOc1ccc(Br)cc1NC(=O)C(C)CN.Cl. The van der Waals surface area contributed by atoms with Crippen LogP contribution in [0.5, 0.6) is 5.75 Å². The van der Waals surface area contributed by atoms with Gasteiger partial charge in [-0.2, -0.15) is 0 Å². The van der Waals surface area contributed by atoms with Gasteiger partial charge in [0, 0.05) is 16.9 Å². The van der Waals surface area contributed by atoms with Crippen LogP contribution in [0.3, 0.4) is 0 Å². The van der Waals surface area contributed by atoms with Crippen LogP contribution in [0.4, 0.5) is 5.69 Å². The van der Waals surface area contributed by atoms with Crippen molar-refractivity contribution in [3.05, 3.63) is 22.7 Å². The summed E-state index contributed by atoms with van der Waals surface area (Å²) in [4.78, 5) is 11.7. The van der Waals surface area contributed by atoms with E-state index in [4.69, 9.17) is 10.5 Å². The van der Waals surface area contributed by atoms with Gasteiger partial charge in [-0.1, -0.05) is 22.9 Å². The van der Waals surface area contributed by atoms with Crippen molar-refractivity contribution >= 4 is 39.9 Å². The lowest BCUT2D eigenvalue weighted by molar-refractivity contribution is -0.119. The van der Waals surface area contributed by atoms with Crippen LogP contribution < -0.4 is 15.8 Å². The number of carbonyl (C=O) groups excluding carboxylic acids is 1. The maximum atomic E-state index is 11.7. The Kier molecular flexibility index (Phi) is 7.98. The fourth-order valence-electron chi connectivity index (χ4n) is 1.24. The van der Waals surface area contributed by atoms with Crippen molar-refractivity contribution in [2.24, 2.45) is 11.7 Å². The van der Waals surface area contributed by atoms with Gasteiger partial charge in [-0.15, -0.1) is 12.4 Å². The number of halogens is 2. The molecule has 0 spiro atoms. The van der Waals surface area contributed by atoms with Crippen molar-refractivity contribution < 1.29 is 9.53 Å². The maximum Gasteiger partial charge on any atom is 0.228 e. The molecule has 1 atom stereocenters. The molecule has 1 unspecified atom stereocenters. The van der Waals surface area contributed by atoms with E-state index in [9.17, 15) is 4.79 Å². The lowest BCUT2D eigenvalue weighted by atomic mass is 10.1. The molecule has 102 valence electrons. The van der Waals surface area contributed by atoms with Crippen LogP contribution in [0, 0.1) is 5.92 Å². The number of hydrogen-bond donors (Lipinski definition) is 2. The summed E-state index contributed by atoms with van der Waals surface area (Å²) < 4.78 is 6.33. The molecule has 0 heterocycles. The first-order valence-electron chi connectivity index (χ1n) is 5.51. The minimum atomic E-state index is -0.219. The highest BCUT2D eigenvalue weighted by Gasteiger charge is 2.13. The molecule has 4 nitrogen and oxygen atoms in total. The van der Waals surface area contributed by atoms with Crippen LogP contribution in [0.1, 0.15) is 13.8 Å². The molecule has 0 aliphatic heterocycles. The number of amides is 1. The van der Waals surface area contributed by atoms with E-state index in [1.54, 1.807) is 6.92 Å². The molecule has 0 aromatic heterocycles. The Morgan fingerprint density at radius 1 is 1.56 bits per heavy atom. The molecule has 0 radical (unpaired) electrons. The van der Waals surface area contributed by atoms with Crippen LogP contribution in [0.25, 0.3) is 0 Å². The van der Waals surface area contributed by atoms with E-state index in [0.717, 1.165) is 4.47 Å². The fourth-order valence-corrected chi connectivity index (χ4v) is 1.61. The standard InChI is InChI=1S/C12H17BrN2O2.ClH/c1-3-17-11-5-4-9(13)6-10(11)15-12(16)8(2)7-14;/h4-6,8H,3,7,14H2,1-2H3,(H,15,16);1H. The lowest BCUT2D eigenvalue weighted by Gasteiger charge is -2.14. The Balaban J connectivity index is 0.00000289. The summed E-state index contributed by atoms with van der Waals surface area (Å²) in [7, 11) is 0. The molecule has 6 heteroatoms. The molecule has 18 heavy (non-hydrogen) atoms. The zero-order valence-corrected chi connectivity index (χ0v) is 12.8. The van der Waals surface area contributed by atoms with E-state index in [2.05, 4.69) is 21.2 Å². The van der Waals surface area contributed by atoms with Gasteiger partial charge in [0.2, 0.25) is 5.91 Å². The van der Waals surface area contributed by atoms with E-state index >= 15 is 0 Å². The number of rotatable bonds is 5. The largest absolute Gasteiger partial charge is 0.492 e. The van der Waals surface area contributed by atoms with E-state index in [-0.39, 0.29) is 24.2 Å². The molecule has 0 saturated heterocycles. The maximum absolute atomic E-state index is 11.7. The highest BCUT2D eigenvalue weighted by molar-refractivity contribution is 9.10. The lowest BCUT2D eigenvalue weighted by Crippen LogP contribution is -2.26. The van der Waals surface area contributed by atoms with E-state index < -0.39 is 0 Å². The van der Waals surface area contributed by atoms with Crippen molar-refractivity contribution in [1.82, 2.24) is 0 Å². The predicted octanol–water partition coefficient (Wildman–Crippen LogP) is 2.80. The quantitative estimate of drug-likeness (QED) is 0.868. The average molecular weight is 338 g/mol. The number of nitrogens with one attached hydrogen (secondary N) is 1. The molecular formula is C12H18BrClN2O2. The Bertz CT molecular complexity index is 402. The van der Waals surface area contributed by atoms with Crippen molar-refractivity contribution in [3.63, 3.8) is 0 Å². The van der Waals surface area contributed by atoms with Gasteiger partial charge < -0.3 is 15.8 Å². The Morgan fingerprint density at radius 2 is 2.22 bits per heavy atom. The molecule has 3 N–H and O–H groups in total. The van der Waals surface area contributed by atoms with Crippen molar-refractivity contribution in [1.29, 1.82) is 0 Å². The second kappa shape index (κ2) is 8.34. The molecule has 1 aromatic carbocycles. The van der Waals surface area contributed by atoms with Crippen LogP contribution >= 0.6 is 28.3 Å². The first-order valence-corrected chi connectivity index (χ1v) is 6.31. The smallest absolute Gasteiger partial charge is 0.228 e. The molecular weight excluding hydrogens is 320 g/mol. The Morgan fingerprint density at radius 3 is 2.78 bits per heavy atom. The van der Waals surface area contributed by atoms with Crippen LogP contribution in [-0.4, -0.2) is 19.1 Å². The molecule has 1 amide bonds. The molecule has 1 rings (SSSR count). The van der Waals surface area contributed by atoms with Crippen LogP contribution in [0.15, 0.2) is 22.7 Å². The number of anilines is 1. The number of nitrogens with two attached hydrogens (primary N) is 1. The summed E-state index contributed by atoms with van der Waals surface area (Å²) in [5.74, 6) is 0.336. The zero-order valence-electron chi connectivity index (χ0n) is 10.4. The second-order valence-corrected chi connectivity index (χ2v) is 4.62. The Labute approximate surface area is 122 Å². The minimum absolute atomic E-state index is 0. The summed E-state index contributed by atoms with van der Waals surface area (Å²) in [6, 6.07) is 5.50. The zero-order chi connectivity index (χ0) is 12.8. The first-order chi connectivity index (χ1) is 8.08. The van der Waals surface area contributed by atoms with E-state index in [1.165, 1.54) is 0 Å². The van der Waals surface area contributed by atoms with Gasteiger partial charge in [0.05, 0.1) is 12.3 Å². The topological polar surface area (TPSA) is 64.3 Å². The summed E-state index contributed by atoms with van der Waals surface area (Å²) in [6.45, 7) is 4.56. The minimum Gasteiger partial charge on any atom is -0.492 e. The van der Waals surface area contributed by atoms with Gasteiger partial charge in [0.25, 0.3) is 0 Å². The average Bonchev–Trinajstić information content (AvgIpc) is 2.31. The number of ether oxygens (including phenoxy) is 1. The third kappa shape index (κ3) is 4.84. The Hall–Kier alpha value is -0.780. The molecule has 0 aliphatic carbocycles. The fraction of sp³-hybridized carbons (Fsp3) is 0.417. The second-order valence-electron chi connectivity index (χ2n) is 3.70. The number of carbonyl (C=O) groups is 1. The third-order valence-corrected chi connectivity index (χ3v) is 2.79. The summed E-state index contributed by atoms with van der Waals surface area (Å²) in [5, 5.41) is 2.81. The molecule has 0 fully saturated rings. The van der Waals surface area contributed by atoms with E-state index in [0.29, 0.717) is 24.6 Å². The van der Waals surface area contributed by atoms with Gasteiger partial charge in [0.15, 0.2) is 0 Å². The predicted molar refractivity (Wildman–Crippen MR) is 79.4 cm³/mol. The third-order valence-electron chi connectivity index (χ3n) is 2.30. The summed E-state index contributed by atoms with van der Waals surface area (Å²) >= 11 is 3.36. The monoisotopic (exact) mass is 336 g/mol. The van der Waals surface area contributed by atoms with Gasteiger partial charge >= 0.3 is 0 Å². The van der Waals surface area contributed by atoms with Gasteiger partial charge in [-0.25, -0.2) is 0 Å². The van der Waals surface area contributed by atoms with Gasteiger partial charge in [-0.05, 0) is 25.1 Å². The summed E-state index contributed by atoms with van der Waals surface area (Å²) in [6.07, 6.45) is 0. The highest BCUT2D eigenvalue weighted by atomic mass is 79.9. The van der Waals surface area contributed by atoms with Crippen molar-refractivity contribution in [2.75, 3.05) is 18.5 Å². The molecule has 0 aliphatic rings. The van der Waals surface area contributed by atoms with Gasteiger partial charge in [-0.3, -0.25) is 4.79 Å². The van der Waals surface area contributed by atoms with E-state index in [1.807, 2.05) is 25.1 Å². The van der Waals surface area contributed by atoms with Crippen LogP contribution in [-0.2, 0) is 4.79 Å². The molecule has 0 saturated carbocycles. The molecule has 1 aromatic rings. The van der Waals surface area contributed by atoms with Crippen LogP contribution in [0.2, 0.25) is 0 Å². The number of benzene rings is 1. The molecule has 0 bridgehead atoms. The van der Waals surface area contributed by atoms with Gasteiger partial charge in [0.1, 0.15) is 5.75 Å². The van der Waals surface area contributed by atoms with Crippen molar-refractivity contribution in [2.45, 2.75) is 13.8 Å². The highest BCUT2D eigenvalue weighted by Crippen LogP contribution is 2.28. The first kappa shape index (κ1) is 17.2. The van der Waals surface area contributed by atoms with Crippen molar-refractivity contribution in [3.8, 4) is 5.75 Å².